The third-order valence-electron chi connectivity index (χ3n) is 5.13. The fourth-order valence-corrected chi connectivity index (χ4v) is 3.58. The molecule has 4 rings (SSSR count). The van der Waals surface area contributed by atoms with E-state index in [1.54, 1.807) is 6.07 Å². The fraction of sp³-hybridized carbons (Fsp3) is 0.292. The van der Waals surface area contributed by atoms with Gasteiger partial charge in [0.1, 0.15) is 11.5 Å². The Labute approximate surface area is 165 Å². The Balaban J connectivity index is 1.46. The van der Waals surface area contributed by atoms with Crippen LogP contribution in [0.25, 0.3) is 0 Å². The lowest BCUT2D eigenvalue weighted by molar-refractivity contribution is 0.420. The highest BCUT2D eigenvalue weighted by molar-refractivity contribution is 5.69. The molecule has 0 radical (unpaired) electrons. The lowest BCUT2D eigenvalue weighted by Gasteiger charge is -2.24. The van der Waals surface area contributed by atoms with Gasteiger partial charge in [0.15, 0.2) is 5.69 Å². The predicted octanol–water partition coefficient (Wildman–Crippen LogP) is 5.21. The van der Waals surface area contributed by atoms with E-state index in [9.17, 15) is 9.90 Å². The highest BCUT2D eigenvalue weighted by Gasteiger charge is 2.34. The number of benzene rings is 2. The summed E-state index contributed by atoms with van der Waals surface area (Å²) in [6, 6.07) is 21.9. The number of aromatic hydroxyl groups is 1. The Kier molecular flexibility index (Phi) is 5.47. The quantitative estimate of drug-likeness (QED) is 0.549. The maximum Gasteiger partial charge on any atom is 0.363 e. The van der Waals surface area contributed by atoms with E-state index in [0.29, 0.717) is 12.2 Å². The van der Waals surface area contributed by atoms with Gasteiger partial charge in [-0.2, -0.15) is 0 Å². The molecule has 0 amide bonds. The largest absolute Gasteiger partial charge is 0.505 e. The van der Waals surface area contributed by atoms with Crippen LogP contribution in [-0.2, 0) is 12.8 Å². The normalized spacial score (nSPS) is 13.4. The molecular formula is C24H25NO3. The zero-order valence-corrected chi connectivity index (χ0v) is 15.9. The molecule has 1 aromatic heterocycles. The van der Waals surface area contributed by atoms with E-state index in [1.165, 1.54) is 5.56 Å². The van der Waals surface area contributed by atoms with Crippen molar-refractivity contribution in [1.82, 2.24) is 0 Å². The van der Waals surface area contributed by atoms with Crippen LogP contribution in [0.2, 0.25) is 0 Å². The first kappa shape index (κ1) is 18.4. The Morgan fingerprint density at radius 2 is 1.57 bits per heavy atom. The summed E-state index contributed by atoms with van der Waals surface area (Å²) < 4.78 is 5.56. The number of para-hydroxylation sites is 1. The van der Waals surface area contributed by atoms with Crippen molar-refractivity contribution in [2.45, 2.75) is 44.6 Å². The summed E-state index contributed by atoms with van der Waals surface area (Å²) in [6.45, 7) is 0. The van der Waals surface area contributed by atoms with Crippen molar-refractivity contribution in [3.05, 3.63) is 88.5 Å². The molecule has 0 bridgehead atoms. The van der Waals surface area contributed by atoms with E-state index in [-0.39, 0.29) is 17.5 Å². The van der Waals surface area contributed by atoms with Crippen LogP contribution in [0.3, 0.4) is 0 Å². The number of hydrogen-bond acceptors (Lipinski definition) is 4. The number of hydrogen-bond donors (Lipinski definition) is 1. The van der Waals surface area contributed by atoms with Crippen molar-refractivity contribution in [1.29, 1.82) is 0 Å². The van der Waals surface area contributed by atoms with Crippen LogP contribution < -0.4 is 10.5 Å². The van der Waals surface area contributed by atoms with Crippen molar-refractivity contribution in [2.24, 2.45) is 0 Å². The van der Waals surface area contributed by atoms with Crippen molar-refractivity contribution in [2.75, 3.05) is 4.90 Å². The Bertz CT molecular complexity index is 962. The van der Waals surface area contributed by atoms with Gasteiger partial charge >= 0.3 is 5.63 Å². The molecule has 1 N–H and O–H groups in total. The third-order valence-corrected chi connectivity index (χ3v) is 5.13. The van der Waals surface area contributed by atoms with Gasteiger partial charge in [0.2, 0.25) is 0 Å². The number of nitrogens with zero attached hydrogens (tertiary/aromatic N) is 1. The molecule has 28 heavy (non-hydrogen) atoms. The molecule has 1 saturated carbocycles. The van der Waals surface area contributed by atoms with Crippen molar-refractivity contribution < 1.29 is 9.52 Å². The van der Waals surface area contributed by atoms with Gasteiger partial charge in [0.25, 0.3) is 0 Å². The first-order valence-corrected chi connectivity index (χ1v) is 9.96. The molecule has 0 saturated heterocycles. The van der Waals surface area contributed by atoms with Gasteiger partial charge in [-0.25, -0.2) is 4.79 Å². The number of rotatable bonds is 8. The van der Waals surface area contributed by atoms with Gasteiger partial charge in [-0.1, -0.05) is 48.5 Å². The van der Waals surface area contributed by atoms with E-state index in [0.717, 1.165) is 37.8 Å². The molecule has 1 aliphatic rings. The summed E-state index contributed by atoms with van der Waals surface area (Å²) in [5, 5.41) is 10.6. The predicted molar refractivity (Wildman–Crippen MR) is 111 cm³/mol. The monoisotopic (exact) mass is 375 g/mol. The molecule has 1 fully saturated rings. The van der Waals surface area contributed by atoms with Crippen molar-refractivity contribution in [3.8, 4) is 5.75 Å². The molecule has 2 aromatic carbocycles. The van der Waals surface area contributed by atoms with Crippen LogP contribution in [-0.4, -0.2) is 11.1 Å². The Morgan fingerprint density at radius 1 is 0.929 bits per heavy atom. The van der Waals surface area contributed by atoms with Crippen LogP contribution in [0.4, 0.5) is 11.4 Å². The van der Waals surface area contributed by atoms with Crippen LogP contribution in [0, 0.1) is 0 Å². The van der Waals surface area contributed by atoms with Crippen LogP contribution in [0.1, 0.15) is 37.0 Å². The first-order valence-electron chi connectivity index (χ1n) is 9.96. The van der Waals surface area contributed by atoms with Crippen LogP contribution >= 0.6 is 0 Å². The van der Waals surface area contributed by atoms with Gasteiger partial charge < -0.3 is 14.4 Å². The smallest absolute Gasteiger partial charge is 0.363 e. The fourth-order valence-electron chi connectivity index (χ4n) is 3.58. The number of unbranched alkanes of at least 4 members (excludes halogenated alkanes) is 1. The highest BCUT2D eigenvalue weighted by Crippen LogP contribution is 2.40. The minimum absolute atomic E-state index is 0.00469. The summed E-state index contributed by atoms with van der Waals surface area (Å²) >= 11 is 0. The lowest BCUT2D eigenvalue weighted by atomic mass is 10.1. The second-order valence-corrected chi connectivity index (χ2v) is 7.36. The Hall–Kier alpha value is -3.01. The lowest BCUT2D eigenvalue weighted by Crippen LogP contribution is -2.25. The van der Waals surface area contributed by atoms with Gasteiger partial charge in [-0.15, -0.1) is 0 Å². The third kappa shape index (κ3) is 4.28. The SMILES string of the molecule is O=c1oc(CCCCc2ccccc2)cc(O)c1N(c1ccccc1)C1CC1. The van der Waals surface area contributed by atoms with Gasteiger partial charge in [0.05, 0.1) is 0 Å². The average Bonchev–Trinajstić information content (AvgIpc) is 3.54. The molecule has 3 aromatic rings. The molecule has 4 heteroatoms. The standard InChI is InChI=1S/C24H25NO3/c26-22-17-21(14-8-7-11-18-9-3-1-4-10-18)28-24(27)23(22)25(20-15-16-20)19-12-5-2-6-13-19/h1-6,9-10,12-13,17,20,26H,7-8,11,14-16H2. The van der Waals surface area contributed by atoms with E-state index >= 15 is 0 Å². The summed E-state index contributed by atoms with van der Waals surface area (Å²) in [7, 11) is 0. The molecule has 4 nitrogen and oxygen atoms in total. The van der Waals surface area contributed by atoms with Gasteiger partial charge in [-0.05, 0) is 49.8 Å². The molecule has 0 unspecified atom stereocenters. The Morgan fingerprint density at radius 3 is 2.21 bits per heavy atom. The molecule has 1 heterocycles. The molecule has 144 valence electrons. The highest BCUT2D eigenvalue weighted by atomic mass is 16.4. The van der Waals surface area contributed by atoms with E-state index in [2.05, 4.69) is 12.1 Å². The maximum atomic E-state index is 12.7. The van der Waals surface area contributed by atoms with E-state index in [4.69, 9.17) is 4.42 Å². The van der Waals surface area contributed by atoms with Crippen LogP contribution in [0.15, 0.2) is 75.9 Å². The van der Waals surface area contributed by atoms with E-state index < -0.39 is 5.63 Å². The second kappa shape index (κ2) is 8.34. The molecule has 1 aliphatic carbocycles. The zero-order valence-electron chi connectivity index (χ0n) is 15.9. The summed E-state index contributed by atoms with van der Waals surface area (Å²) in [4.78, 5) is 14.6. The van der Waals surface area contributed by atoms with Crippen molar-refractivity contribution >= 4 is 11.4 Å². The van der Waals surface area contributed by atoms with Crippen molar-refractivity contribution in [3.63, 3.8) is 0 Å². The zero-order chi connectivity index (χ0) is 19.3. The number of aryl methyl sites for hydroxylation is 2. The molecule has 0 aliphatic heterocycles. The maximum absolute atomic E-state index is 12.7. The molecular weight excluding hydrogens is 350 g/mol. The van der Waals surface area contributed by atoms with Gasteiger partial charge in [-0.3, -0.25) is 0 Å². The van der Waals surface area contributed by atoms with E-state index in [1.807, 2.05) is 53.4 Å². The molecule has 0 atom stereocenters. The van der Waals surface area contributed by atoms with Gasteiger partial charge in [0, 0.05) is 24.2 Å². The summed E-state index contributed by atoms with van der Waals surface area (Å²) in [6.07, 6.45) is 5.57. The minimum atomic E-state index is -0.464. The molecule has 0 spiro atoms. The summed E-state index contributed by atoms with van der Waals surface area (Å²) in [5.41, 5.74) is 2.00. The first-order chi connectivity index (χ1) is 13.7. The number of anilines is 2. The minimum Gasteiger partial charge on any atom is -0.505 e. The topological polar surface area (TPSA) is 53.7 Å². The van der Waals surface area contributed by atoms with Crippen LogP contribution in [0.5, 0.6) is 5.75 Å². The average molecular weight is 375 g/mol. The second-order valence-electron chi connectivity index (χ2n) is 7.36. The summed E-state index contributed by atoms with van der Waals surface area (Å²) in [5.74, 6) is 0.549.